The minimum Gasteiger partial charge on any atom is -0.508 e. The summed E-state index contributed by atoms with van der Waals surface area (Å²) >= 11 is 1.56. The molecule has 5 aliphatic rings. The molecule has 0 radical (unpaired) electrons. The summed E-state index contributed by atoms with van der Waals surface area (Å²) < 4.78 is 56.2. The fourth-order valence-electron chi connectivity index (χ4n) is 13.7. The Kier molecular flexibility index (Phi) is 19.3. The Hall–Kier alpha value is -7.22. The number of carbonyl (C=O) groups excluding carboxylic acids is 4. The number of pyridine rings is 1. The highest BCUT2D eigenvalue weighted by Gasteiger charge is 2.51. The molecule has 6 aromatic rings. The van der Waals surface area contributed by atoms with E-state index >= 15 is 8.78 Å². The van der Waals surface area contributed by atoms with Crippen LogP contribution < -0.4 is 30.9 Å². The molecule has 6 N–H and O–H groups in total. The smallest absolute Gasteiger partial charge is 0.407 e. The number of hydrogen-bond acceptors (Lipinski definition) is 18. The molecule has 2 bridgehead atoms. The number of aryl methyl sites for hydroxylation is 2. The minimum atomic E-state index is -0.981. The molecule has 11 rings (SSSR count). The normalized spacial score (nSPS) is 22.4. The maximum Gasteiger partial charge on any atom is 0.407 e. The molecular formula is C65H81F2N11O10S. The summed E-state index contributed by atoms with van der Waals surface area (Å²) in [7, 11) is 0. The lowest BCUT2D eigenvalue weighted by Crippen LogP contribution is -2.58. The van der Waals surface area contributed by atoms with Crippen molar-refractivity contribution in [1.82, 2.24) is 51.0 Å². The maximum absolute atomic E-state index is 17.3. The van der Waals surface area contributed by atoms with E-state index in [1.54, 1.807) is 23.6 Å². The summed E-state index contributed by atoms with van der Waals surface area (Å²) in [6, 6.07) is 12.0. The van der Waals surface area contributed by atoms with Crippen molar-refractivity contribution < 1.29 is 57.1 Å². The van der Waals surface area contributed by atoms with Gasteiger partial charge in [0.15, 0.2) is 5.82 Å². The molecule has 0 saturated carbocycles. The van der Waals surface area contributed by atoms with E-state index in [4.69, 9.17) is 28.9 Å². The average molecular weight is 1250 g/mol. The van der Waals surface area contributed by atoms with Crippen LogP contribution in [0.3, 0.4) is 0 Å². The van der Waals surface area contributed by atoms with Crippen LogP contribution in [0.25, 0.3) is 43.4 Å². The molecule has 89 heavy (non-hydrogen) atoms. The summed E-state index contributed by atoms with van der Waals surface area (Å²) in [4.78, 5) is 79.6. The number of halogens is 2. The molecule has 5 fully saturated rings. The first-order valence-electron chi connectivity index (χ1n) is 31.1. The molecule has 24 heteroatoms. The Labute approximate surface area is 520 Å². The summed E-state index contributed by atoms with van der Waals surface area (Å²) in [6.45, 7) is 14.5. The van der Waals surface area contributed by atoms with Crippen LogP contribution in [-0.2, 0) is 35.0 Å². The lowest BCUT2D eigenvalue weighted by atomic mass is 9.85. The van der Waals surface area contributed by atoms with E-state index in [-0.39, 0.29) is 130 Å². The summed E-state index contributed by atoms with van der Waals surface area (Å²) in [6.07, 6.45) is 5.82. The molecule has 476 valence electrons. The van der Waals surface area contributed by atoms with Gasteiger partial charge in [0.2, 0.25) is 17.7 Å². The number of aliphatic hydroxyl groups excluding tert-OH is 1. The molecule has 8 atom stereocenters. The predicted molar refractivity (Wildman–Crippen MR) is 333 cm³/mol. The van der Waals surface area contributed by atoms with Crippen molar-refractivity contribution in [1.29, 1.82) is 0 Å². The fourth-order valence-corrected chi connectivity index (χ4v) is 14.5. The van der Waals surface area contributed by atoms with E-state index in [0.717, 1.165) is 66.8 Å². The minimum absolute atomic E-state index is 0.0161. The van der Waals surface area contributed by atoms with Crippen molar-refractivity contribution in [3.63, 3.8) is 0 Å². The van der Waals surface area contributed by atoms with E-state index in [0.29, 0.717) is 47.1 Å². The third-order valence-corrected chi connectivity index (χ3v) is 19.2. The number of thiazole rings is 1. The van der Waals surface area contributed by atoms with Crippen molar-refractivity contribution >= 4 is 62.6 Å². The Morgan fingerprint density at radius 1 is 0.933 bits per heavy atom. The summed E-state index contributed by atoms with van der Waals surface area (Å²) in [5.74, 6) is -1.98. The molecule has 5 aliphatic heterocycles. The number of phenols is 1. The van der Waals surface area contributed by atoms with E-state index in [2.05, 4.69) is 41.0 Å². The Morgan fingerprint density at radius 3 is 2.43 bits per heavy atom. The monoisotopic (exact) mass is 1250 g/mol. The summed E-state index contributed by atoms with van der Waals surface area (Å²) in [5, 5.41) is 35.2. The quantitative estimate of drug-likeness (QED) is 0.0337. The van der Waals surface area contributed by atoms with Gasteiger partial charge in [0.05, 0.1) is 65.6 Å². The summed E-state index contributed by atoms with van der Waals surface area (Å²) in [5.41, 5.74) is 4.18. The number of amides is 4. The number of likely N-dealkylation sites (tertiary alicyclic amines) is 1. The second-order valence-corrected chi connectivity index (χ2v) is 26.3. The molecule has 21 nitrogen and oxygen atoms in total. The van der Waals surface area contributed by atoms with E-state index in [9.17, 15) is 29.4 Å². The first-order valence-corrected chi connectivity index (χ1v) is 32.0. The maximum atomic E-state index is 17.3. The standard InChI is InChI=1S/C65H81F2N11O10S/c1-7-47-50(66)16-13-41-27-45(79)28-48(53(41)47)55-54(67)56-49(30-69-55)59(76-31-42-14-15-43(32-76)72-42)75-62(74-56)88-35-65-19-8-22-78(65)44(17-20-65)34-87-63(84)68-21-24-86-26-25-85-23-18-52(81)73-58(64(4,5)6)61(83)77-33-46(80)29-51(77)60(82)71-37(2)39-9-11-40(12-10-39)57-38(3)70-36-89-57/h9-13,16,27-28,30,36-37,42-44,46,51,58,72,79-80H,7-8,14-15,17-26,29,31-35H2,1-6H3,(H,68,84)(H,71,82)(H,73,81)/t37-,42?,43?,44+,46+,51-,58+,65?/m0/s1. The first-order chi connectivity index (χ1) is 42.8. The molecule has 5 saturated heterocycles. The molecule has 8 heterocycles. The highest BCUT2D eigenvalue weighted by molar-refractivity contribution is 7.13. The highest BCUT2D eigenvalue weighted by Crippen LogP contribution is 2.44. The zero-order valence-electron chi connectivity index (χ0n) is 51.4. The van der Waals surface area contributed by atoms with Crippen LogP contribution in [-0.4, -0.2) is 178 Å². The largest absolute Gasteiger partial charge is 0.508 e. The Morgan fingerprint density at radius 2 is 1.70 bits per heavy atom. The lowest BCUT2D eigenvalue weighted by Gasteiger charge is -2.35. The van der Waals surface area contributed by atoms with Crippen LogP contribution in [0.15, 0.2) is 60.2 Å². The van der Waals surface area contributed by atoms with Gasteiger partial charge in [-0.25, -0.2) is 18.6 Å². The number of piperazine rings is 1. The van der Waals surface area contributed by atoms with Crippen molar-refractivity contribution in [2.24, 2.45) is 5.41 Å². The van der Waals surface area contributed by atoms with Gasteiger partial charge in [-0.2, -0.15) is 9.97 Å². The second-order valence-electron chi connectivity index (χ2n) is 25.4. The molecular weight excluding hydrogens is 1160 g/mol. The van der Waals surface area contributed by atoms with Gasteiger partial charge >= 0.3 is 12.1 Å². The SMILES string of the molecule is CCc1c(F)ccc2cc(O)cc(-c3ncc4c(N5CC6CCC(C5)N6)nc(OCC56CCCN5[C@@H](COC(=O)NCCOCCOCCC(=O)N[C@H](C(=O)N5C[C@H](O)C[C@H]5C(=O)N[C@@H](C)c5ccc(-c7scnc7C)cc5)C(C)(C)C)CC6)nc4c3F)c12. The van der Waals surface area contributed by atoms with Crippen LogP contribution >= 0.6 is 11.3 Å². The first kappa shape index (κ1) is 63.4. The van der Waals surface area contributed by atoms with Gasteiger partial charge < -0.3 is 60.2 Å². The van der Waals surface area contributed by atoms with E-state index in [1.165, 1.54) is 23.1 Å². The second kappa shape index (κ2) is 27.1. The number of benzene rings is 3. The number of carbonyl (C=O) groups is 4. The van der Waals surface area contributed by atoms with Gasteiger partial charge in [-0.3, -0.25) is 24.3 Å². The Balaban J connectivity index is 0.618. The van der Waals surface area contributed by atoms with Crippen molar-refractivity contribution in [2.75, 3.05) is 77.3 Å². The number of hydrogen-bond donors (Lipinski definition) is 6. The molecule has 3 aromatic heterocycles. The number of fused-ring (bicyclic) bond motifs is 5. The van der Waals surface area contributed by atoms with Crippen LogP contribution in [0.5, 0.6) is 11.8 Å². The average Bonchev–Trinajstić information content (AvgIpc) is 1.56. The number of phenolic OH excluding ortho intramolecular Hbond substituents is 1. The van der Waals surface area contributed by atoms with E-state index < -0.39 is 53.1 Å². The topological polar surface area (TPSA) is 255 Å². The molecule has 0 spiro atoms. The number of rotatable bonds is 23. The lowest BCUT2D eigenvalue weighted by molar-refractivity contribution is -0.144. The number of aromatic hydroxyl groups is 1. The number of nitrogens with one attached hydrogen (secondary N) is 4. The van der Waals surface area contributed by atoms with Gasteiger partial charge in [-0.1, -0.05) is 58.0 Å². The number of β-amino-alcohol motifs (C(OH)–C–C–N with tert-alkyl or cyclic N) is 1. The predicted octanol–water partition coefficient (Wildman–Crippen LogP) is 7.66. The third kappa shape index (κ3) is 13.9. The third-order valence-electron chi connectivity index (χ3n) is 18.3. The fraction of sp³-hybridized carbons (Fsp3) is 0.538. The molecule has 3 aromatic carbocycles. The van der Waals surface area contributed by atoms with Gasteiger partial charge in [0.25, 0.3) is 0 Å². The van der Waals surface area contributed by atoms with Crippen LogP contribution in [0, 0.1) is 24.0 Å². The molecule has 3 unspecified atom stereocenters. The van der Waals surface area contributed by atoms with Gasteiger partial charge in [0, 0.05) is 68.9 Å². The zero-order valence-corrected chi connectivity index (χ0v) is 52.2. The van der Waals surface area contributed by atoms with E-state index in [1.807, 2.05) is 71.3 Å². The number of anilines is 1. The van der Waals surface area contributed by atoms with Crippen LogP contribution in [0.4, 0.5) is 19.4 Å². The molecule has 4 amide bonds. The van der Waals surface area contributed by atoms with Crippen LogP contribution in [0.1, 0.15) is 109 Å². The number of aliphatic hydroxyl groups is 1. The zero-order chi connectivity index (χ0) is 62.7. The van der Waals surface area contributed by atoms with Gasteiger partial charge in [0.1, 0.15) is 53.9 Å². The highest BCUT2D eigenvalue weighted by atomic mass is 32.1. The number of ether oxygens (including phenoxy) is 4. The number of aromatic nitrogens is 4. The van der Waals surface area contributed by atoms with Crippen molar-refractivity contribution in [3.05, 3.63) is 88.7 Å². The van der Waals surface area contributed by atoms with Gasteiger partial charge in [-0.15, -0.1) is 11.3 Å². The Bertz CT molecular complexity index is 3560. The molecule has 0 aliphatic carbocycles. The van der Waals surface area contributed by atoms with Crippen molar-refractivity contribution in [3.8, 4) is 33.5 Å². The number of nitrogens with zero attached hydrogens (tertiary/aromatic N) is 7. The van der Waals surface area contributed by atoms with Crippen LogP contribution in [0.2, 0.25) is 0 Å². The van der Waals surface area contributed by atoms with Gasteiger partial charge in [-0.05, 0) is 116 Å². The van der Waals surface area contributed by atoms with Crippen molar-refractivity contribution in [2.45, 2.75) is 147 Å². The number of alkyl carbamates (subject to hydrolysis) is 1.